The summed E-state index contributed by atoms with van der Waals surface area (Å²) in [5, 5.41) is 0. The largest absolute Gasteiger partial charge is 0.353 e. The normalized spacial score (nSPS) is 18.1. The van der Waals surface area contributed by atoms with Gasteiger partial charge < -0.3 is 10.6 Å². The Labute approximate surface area is 125 Å². The molecular weight excluding hydrogens is 262 g/mol. The maximum atomic E-state index is 6.03. The molecule has 0 saturated carbocycles. The molecule has 0 radical (unpaired) electrons. The van der Waals surface area contributed by atoms with Gasteiger partial charge in [0.15, 0.2) is 0 Å². The third-order valence-corrected chi connectivity index (χ3v) is 4.15. The smallest absolute Gasteiger partial charge is 0.147 e. The minimum atomic E-state index is 0.289. The number of nitrogens with two attached hydrogens (primary N) is 1. The molecule has 1 unspecified atom stereocenters. The van der Waals surface area contributed by atoms with Gasteiger partial charge in [0, 0.05) is 38.8 Å². The Morgan fingerprint density at radius 3 is 2.57 bits per heavy atom. The molecular formula is C16H23N5. The van der Waals surface area contributed by atoms with Crippen LogP contribution in [0.5, 0.6) is 0 Å². The monoisotopic (exact) mass is 285 g/mol. The lowest BCUT2D eigenvalue weighted by Gasteiger charge is -2.36. The van der Waals surface area contributed by atoms with Crippen molar-refractivity contribution in [2.45, 2.75) is 19.4 Å². The second-order valence-corrected chi connectivity index (χ2v) is 5.67. The quantitative estimate of drug-likeness (QED) is 0.922. The lowest BCUT2D eigenvalue weighted by Crippen LogP contribution is -2.50. The third kappa shape index (κ3) is 3.31. The minimum absolute atomic E-state index is 0.289. The average molecular weight is 285 g/mol. The van der Waals surface area contributed by atoms with Gasteiger partial charge in [-0.2, -0.15) is 0 Å². The molecule has 1 aromatic heterocycles. The first-order valence-electron chi connectivity index (χ1n) is 7.71. The fraction of sp³-hybridized carbons (Fsp3) is 0.500. The van der Waals surface area contributed by atoms with Crippen molar-refractivity contribution < 1.29 is 0 Å². The second-order valence-electron chi connectivity index (χ2n) is 5.67. The van der Waals surface area contributed by atoms with Gasteiger partial charge in [0.25, 0.3) is 0 Å². The van der Waals surface area contributed by atoms with Crippen LogP contribution in [0.1, 0.15) is 13.3 Å². The topological polar surface area (TPSA) is 58.3 Å². The third-order valence-electron chi connectivity index (χ3n) is 4.15. The Morgan fingerprint density at radius 2 is 1.86 bits per heavy atom. The Hall–Kier alpha value is -1.72. The minimum Gasteiger partial charge on any atom is -0.353 e. The molecule has 112 valence electrons. The highest BCUT2D eigenvalue weighted by molar-refractivity contribution is 5.75. The summed E-state index contributed by atoms with van der Waals surface area (Å²) in [7, 11) is 0. The van der Waals surface area contributed by atoms with Gasteiger partial charge in [-0.3, -0.25) is 9.88 Å². The molecule has 0 aliphatic carbocycles. The Kier molecular flexibility index (Phi) is 4.31. The van der Waals surface area contributed by atoms with Gasteiger partial charge in [-0.25, -0.2) is 4.98 Å². The molecule has 2 N–H and O–H groups in total. The van der Waals surface area contributed by atoms with E-state index in [-0.39, 0.29) is 6.04 Å². The first-order valence-corrected chi connectivity index (χ1v) is 7.71. The maximum Gasteiger partial charge on any atom is 0.147 e. The van der Waals surface area contributed by atoms with Crippen LogP contribution in [0, 0.1) is 0 Å². The number of rotatable bonds is 4. The summed E-state index contributed by atoms with van der Waals surface area (Å²) in [6, 6.07) is 8.30. The lowest BCUT2D eigenvalue weighted by molar-refractivity contribution is 0.240. The van der Waals surface area contributed by atoms with Crippen LogP contribution in [0.25, 0.3) is 11.0 Å². The Balaban J connectivity index is 1.65. The summed E-state index contributed by atoms with van der Waals surface area (Å²) in [6.45, 7) is 7.21. The second kappa shape index (κ2) is 6.37. The zero-order valence-electron chi connectivity index (χ0n) is 12.6. The van der Waals surface area contributed by atoms with Crippen LogP contribution in [0.2, 0.25) is 0 Å². The maximum absolute atomic E-state index is 6.03. The number of benzene rings is 1. The van der Waals surface area contributed by atoms with E-state index in [1.165, 1.54) is 0 Å². The molecule has 0 bridgehead atoms. The van der Waals surface area contributed by atoms with E-state index in [0.717, 1.165) is 56.0 Å². The van der Waals surface area contributed by atoms with Crippen LogP contribution in [0.15, 0.2) is 30.5 Å². The van der Waals surface area contributed by atoms with Crippen LogP contribution >= 0.6 is 0 Å². The zero-order chi connectivity index (χ0) is 14.7. The van der Waals surface area contributed by atoms with Crippen molar-refractivity contribution >= 4 is 16.9 Å². The molecule has 1 aliphatic heterocycles. The first-order chi connectivity index (χ1) is 10.3. The van der Waals surface area contributed by atoms with E-state index in [2.05, 4.69) is 21.7 Å². The summed E-state index contributed by atoms with van der Waals surface area (Å²) in [6.07, 6.45) is 2.92. The van der Waals surface area contributed by atoms with Gasteiger partial charge in [-0.1, -0.05) is 19.1 Å². The van der Waals surface area contributed by atoms with Crippen molar-refractivity contribution in [3.63, 3.8) is 0 Å². The predicted octanol–water partition coefficient (Wildman–Crippen LogP) is 1.49. The number of para-hydroxylation sites is 2. The van der Waals surface area contributed by atoms with E-state index in [0.29, 0.717) is 0 Å². The van der Waals surface area contributed by atoms with Gasteiger partial charge in [0.1, 0.15) is 5.82 Å². The van der Waals surface area contributed by atoms with E-state index < -0.39 is 0 Å². The van der Waals surface area contributed by atoms with Crippen molar-refractivity contribution in [1.82, 2.24) is 14.9 Å². The van der Waals surface area contributed by atoms with Crippen LogP contribution in [-0.4, -0.2) is 53.6 Å². The molecule has 1 saturated heterocycles. The summed E-state index contributed by atoms with van der Waals surface area (Å²) in [5.41, 5.74) is 7.95. The number of anilines is 1. The van der Waals surface area contributed by atoms with E-state index in [9.17, 15) is 0 Å². The van der Waals surface area contributed by atoms with Crippen LogP contribution in [0.3, 0.4) is 0 Å². The number of fused-ring (bicyclic) bond motifs is 1. The van der Waals surface area contributed by atoms with Crippen molar-refractivity contribution in [2.24, 2.45) is 5.73 Å². The fourth-order valence-electron chi connectivity index (χ4n) is 2.72. The van der Waals surface area contributed by atoms with E-state index >= 15 is 0 Å². The molecule has 21 heavy (non-hydrogen) atoms. The highest BCUT2D eigenvalue weighted by Gasteiger charge is 2.19. The Bertz CT molecular complexity index is 592. The first kappa shape index (κ1) is 14.2. The van der Waals surface area contributed by atoms with Crippen molar-refractivity contribution in [1.29, 1.82) is 0 Å². The molecule has 1 aliphatic rings. The number of hydrogen-bond acceptors (Lipinski definition) is 5. The van der Waals surface area contributed by atoms with E-state index in [1.54, 1.807) is 0 Å². The van der Waals surface area contributed by atoms with Crippen LogP contribution in [0.4, 0.5) is 5.82 Å². The molecule has 5 heteroatoms. The highest BCUT2D eigenvalue weighted by Crippen LogP contribution is 2.17. The van der Waals surface area contributed by atoms with Crippen LogP contribution < -0.4 is 10.6 Å². The number of aromatic nitrogens is 2. The molecule has 2 heterocycles. The van der Waals surface area contributed by atoms with Crippen molar-refractivity contribution in [3.05, 3.63) is 30.5 Å². The lowest BCUT2D eigenvalue weighted by atomic mass is 10.2. The van der Waals surface area contributed by atoms with Gasteiger partial charge in [0.05, 0.1) is 17.2 Å². The molecule has 5 nitrogen and oxygen atoms in total. The molecule has 1 aromatic carbocycles. The van der Waals surface area contributed by atoms with Crippen molar-refractivity contribution in [3.8, 4) is 0 Å². The summed E-state index contributed by atoms with van der Waals surface area (Å²) >= 11 is 0. The number of nitrogens with zero attached hydrogens (tertiary/aromatic N) is 4. The van der Waals surface area contributed by atoms with Crippen LogP contribution in [-0.2, 0) is 0 Å². The van der Waals surface area contributed by atoms with Gasteiger partial charge in [0.2, 0.25) is 0 Å². The zero-order valence-corrected chi connectivity index (χ0v) is 12.6. The number of piperazine rings is 1. The summed E-state index contributed by atoms with van der Waals surface area (Å²) < 4.78 is 0. The average Bonchev–Trinajstić information content (AvgIpc) is 2.55. The SMILES string of the molecule is CCC(N)CN1CCN(c2cnc3ccccc3n2)CC1. The van der Waals surface area contributed by atoms with E-state index in [1.807, 2.05) is 30.5 Å². The van der Waals surface area contributed by atoms with E-state index in [4.69, 9.17) is 10.7 Å². The molecule has 0 spiro atoms. The molecule has 0 amide bonds. The van der Waals surface area contributed by atoms with Crippen molar-refractivity contribution in [2.75, 3.05) is 37.6 Å². The molecule has 2 aromatic rings. The summed E-state index contributed by atoms with van der Waals surface area (Å²) in [5.74, 6) is 0.980. The Morgan fingerprint density at radius 1 is 1.14 bits per heavy atom. The van der Waals surface area contributed by atoms with Gasteiger partial charge in [-0.15, -0.1) is 0 Å². The molecule has 1 atom stereocenters. The molecule has 3 rings (SSSR count). The molecule has 1 fully saturated rings. The predicted molar refractivity (Wildman–Crippen MR) is 86.5 cm³/mol. The van der Waals surface area contributed by atoms with Gasteiger partial charge in [-0.05, 0) is 18.6 Å². The van der Waals surface area contributed by atoms with Gasteiger partial charge >= 0.3 is 0 Å². The highest BCUT2D eigenvalue weighted by atomic mass is 15.3. The number of hydrogen-bond donors (Lipinski definition) is 1. The summed E-state index contributed by atoms with van der Waals surface area (Å²) in [4.78, 5) is 14.0. The fourth-order valence-corrected chi connectivity index (χ4v) is 2.72. The standard InChI is InChI=1S/C16H23N5/c1-2-13(17)12-20-7-9-21(10-8-20)16-11-18-14-5-3-4-6-15(14)19-16/h3-6,11,13H,2,7-10,12,17H2,1H3.